The Morgan fingerprint density at radius 3 is 1.89 bits per heavy atom. The molecule has 0 fully saturated rings. The van der Waals surface area contributed by atoms with Gasteiger partial charge in [-0.05, 0) is 73.6 Å². The summed E-state index contributed by atoms with van der Waals surface area (Å²) in [6.45, 7) is 0. The van der Waals surface area contributed by atoms with E-state index in [1.165, 1.54) is 63.6 Å². The third-order valence-corrected chi connectivity index (χ3v) is 12.2. The first-order valence-electron chi connectivity index (χ1n) is 18.2. The molecular formula is C49H28N4S. The predicted molar refractivity (Wildman–Crippen MR) is 227 cm³/mol. The molecule has 250 valence electrons. The maximum Gasteiger partial charge on any atom is 0.238 e. The highest BCUT2D eigenvalue weighted by molar-refractivity contribution is 7.26. The molecule has 0 aliphatic carbocycles. The summed E-state index contributed by atoms with van der Waals surface area (Å²) in [6, 6.07) is 60.8. The van der Waals surface area contributed by atoms with Gasteiger partial charge in [0, 0.05) is 42.2 Å². The maximum absolute atomic E-state index is 5.48. The van der Waals surface area contributed by atoms with Gasteiger partial charge in [-0.15, -0.1) is 11.3 Å². The number of benzene rings is 9. The molecule has 11 aromatic rings. The molecule has 12 rings (SSSR count). The average molecular weight is 705 g/mol. The number of aromatic nitrogens is 3. The second-order valence-electron chi connectivity index (χ2n) is 14.0. The van der Waals surface area contributed by atoms with Crippen molar-refractivity contribution in [2.75, 3.05) is 4.90 Å². The van der Waals surface area contributed by atoms with Crippen LogP contribution in [0, 0.1) is 0 Å². The van der Waals surface area contributed by atoms with Gasteiger partial charge < -0.3 is 0 Å². The van der Waals surface area contributed by atoms with Crippen molar-refractivity contribution in [3.05, 3.63) is 170 Å². The van der Waals surface area contributed by atoms with Gasteiger partial charge in [0.25, 0.3) is 0 Å². The lowest BCUT2D eigenvalue weighted by Crippen LogP contribution is -2.19. The van der Waals surface area contributed by atoms with Crippen LogP contribution < -0.4 is 4.90 Å². The van der Waals surface area contributed by atoms with Crippen LogP contribution >= 0.6 is 11.3 Å². The van der Waals surface area contributed by atoms with Gasteiger partial charge in [-0.3, -0.25) is 4.90 Å². The Hall–Kier alpha value is -6.95. The molecule has 5 heteroatoms. The predicted octanol–water partition coefficient (Wildman–Crippen LogP) is 13.6. The van der Waals surface area contributed by atoms with E-state index in [1.54, 1.807) is 11.3 Å². The fourth-order valence-corrected chi connectivity index (χ4v) is 9.87. The highest BCUT2D eigenvalue weighted by Gasteiger charge is 2.30. The van der Waals surface area contributed by atoms with E-state index in [9.17, 15) is 0 Å². The second-order valence-corrected chi connectivity index (χ2v) is 15.0. The van der Waals surface area contributed by atoms with Crippen molar-refractivity contribution in [1.29, 1.82) is 0 Å². The molecule has 54 heavy (non-hydrogen) atoms. The summed E-state index contributed by atoms with van der Waals surface area (Å²) in [5.74, 6) is 1.88. The number of fused-ring (bicyclic) bond motifs is 10. The molecule has 1 aliphatic rings. The van der Waals surface area contributed by atoms with Crippen LogP contribution in [0.2, 0.25) is 0 Å². The quantitative estimate of drug-likeness (QED) is 0.172. The van der Waals surface area contributed by atoms with E-state index >= 15 is 0 Å². The van der Waals surface area contributed by atoms with Gasteiger partial charge >= 0.3 is 0 Å². The van der Waals surface area contributed by atoms with Gasteiger partial charge in [-0.2, -0.15) is 9.97 Å². The summed E-state index contributed by atoms with van der Waals surface area (Å²) in [7, 11) is 0. The van der Waals surface area contributed by atoms with Crippen molar-refractivity contribution in [1.82, 2.24) is 15.0 Å². The topological polar surface area (TPSA) is 41.9 Å². The van der Waals surface area contributed by atoms with E-state index in [0.717, 1.165) is 33.3 Å². The summed E-state index contributed by atoms with van der Waals surface area (Å²) < 4.78 is 2.41. The second kappa shape index (κ2) is 11.3. The molecule has 4 nitrogen and oxygen atoms in total. The highest BCUT2D eigenvalue weighted by Crippen LogP contribution is 2.53. The number of thiophene rings is 1. The summed E-state index contributed by atoms with van der Waals surface area (Å²) in [6.07, 6.45) is 0. The standard InChI is InChI=1S/C49H28N4S/c1-4-17-33-29(12-1)26-27-42-45(33)38-22-9-14-30-15-10-24-41(44(30)38)53(42)49-51-47(39-23-11-21-37-36-20-7-8-25-43(36)54-46(37)39)50-48(52-49)40-28-31-13-2-3-16-32(31)34-18-5-6-19-35(34)40/h1-28H. The molecule has 0 atom stereocenters. The fraction of sp³-hybridized carbons (Fsp3) is 0. The number of anilines is 3. The van der Waals surface area contributed by atoms with E-state index in [0.29, 0.717) is 17.6 Å². The molecule has 2 aromatic heterocycles. The van der Waals surface area contributed by atoms with Crippen LogP contribution in [-0.2, 0) is 0 Å². The maximum atomic E-state index is 5.48. The van der Waals surface area contributed by atoms with Crippen molar-refractivity contribution in [2.24, 2.45) is 0 Å². The van der Waals surface area contributed by atoms with Crippen molar-refractivity contribution in [3.8, 4) is 33.9 Å². The van der Waals surface area contributed by atoms with Gasteiger partial charge in [0.2, 0.25) is 5.95 Å². The largest absolute Gasteiger partial charge is 0.278 e. The van der Waals surface area contributed by atoms with E-state index < -0.39 is 0 Å². The van der Waals surface area contributed by atoms with Gasteiger partial charge in [0.05, 0.1) is 11.4 Å². The Bertz CT molecular complexity index is 3360. The van der Waals surface area contributed by atoms with Crippen LogP contribution in [0.25, 0.3) is 97.2 Å². The van der Waals surface area contributed by atoms with Gasteiger partial charge in [0.15, 0.2) is 11.6 Å². The molecule has 0 amide bonds. The Morgan fingerprint density at radius 1 is 0.389 bits per heavy atom. The van der Waals surface area contributed by atoms with E-state index in [2.05, 4.69) is 175 Å². The summed E-state index contributed by atoms with van der Waals surface area (Å²) in [4.78, 5) is 18.6. The number of rotatable bonds is 3. The minimum atomic E-state index is 0.587. The zero-order valence-corrected chi connectivity index (χ0v) is 29.7. The van der Waals surface area contributed by atoms with Gasteiger partial charge in [-0.25, -0.2) is 4.98 Å². The monoisotopic (exact) mass is 704 g/mol. The minimum Gasteiger partial charge on any atom is -0.278 e. The number of hydrogen-bond acceptors (Lipinski definition) is 5. The Kier molecular flexibility index (Phi) is 6.18. The summed E-state index contributed by atoms with van der Waals surface area (Å²) >= 11 is 1.79. The van der Waals surface area contributed by atoms with Gasteiger partial charge in [0.1, 0.15) is 0 Å². The lowest BCUT2D eigenvalue weighted by atomic mass is 9.88. The molecular weight excluding hydrogens is 677 g/mol. The van der Waals surface area contributed by atoms with Crippen LogP contribution in [0.5, 0.6) is 0 Å². The lowest BCUT2D eigenvalue weighted by molar-refractivity contribution is 1.03. The van der Waals surface area contributed by atoms with Crippen LogP contribution in [0.4, 0.5) is 17.3 Å². The van der Waals surface area contributed by atoms with Crippen molar-refractivity contribution < 1.29 is 0 Å². The summed E-state index contributed by atoms with van der Waals surface area (Å²) in [5, 5.41) is 11.9. The SMILES string of the molecule is c1ccc2c3c(ccc2c1)N(c1nc(-c2cc4ccccc4c4ccccc24)nc(-c2cccc4c2sc2ccccc24)n1)c1cccc2cccc-3c12. The van der Waals surface area contributed by atoms with Crippen molar-refractivity contribution in [2.45, 2.75) is 0 Å². The fourth-order valence-electron chi connectivity index (χ4n) is 8.66. The summed E-state index contributed by atoms with van der Waals surface area (Å²) in [5.41, 5.74) is 6.48. The number of nitrogens with zero attached hydrogens (tertiary/aromatic N) is 4. The van der Waals surface area contributed by atoms with Crippen LogP contribution in [0.1, 0.15) is 0 Å². The molecule has 0 saturated heterocycles. The Morgan fingerprint density at radius 2 is 1.02 bits per heavy atom. The van der Waals surface area contributed by atoms with Crippen LogP contribution in [0.15, 0.2) is 170 Å². The Balaban J connectivity index is 1.21. The first kappa shape index (κ1) is 29.6. The van der Waals surface area contributed by atoms with Crippen molar-refractivity contribution >= 4 is 91.9 Å². The number of hydrogen-bond donors (Lipinski definition) is 0. The molecule has 0 bridgehead atoms. The molecule has 0 saturated carbocycles. The molecule has 0 unspecified atom stereocenters. The van der Waals surface area contributed by atoms with Crippen LogP contribution in [0.3, 0.4) is 0 Å². The lowest BCUT2D eigenvalue weighted by Gasteiger charge is -2.33. The normalized spacial score (nSPS) is 12.4. The van der Waals surface area contributed by atoms with E-state index in [-0.39, 0.29) is 0 Å². The van der Waals surface area contributed by atoms with E-state index in [1.807, 2.05) is 0 Å². The van der Waals surface area contributed by atoms with Gasteiger partial charge in [-0.1, -0.05) is 140 Å². The molecule has 9 aromatic carbocycles. The van der Waals surface area contributed by atoms with Crippen molar-refractivity contribution in [3.63, 3.8) is 0 Å². The average Bonchev–Trinajstić information content (AvgIpc) is 3.62. The molecule has 0 N–H and O–H groups in total. The molecule has 0 radical (unpaired) electrons. The van der Waals surface area contributed by atoms with Crippen LogP contribution in [-0.4, -0.2) is 15.0 Å². The molecule has 3 heterocycles. The first-order chi connectivity index (χ1) is 26.8. The zero-order chi connectivity index (χ0) is 35.3. The zero-order valence-electron chi connectivity index (χ0n) is 28.9. The third-order valence-electron chi connectivity index (χ3n) is 11.0. The molecule has 1 aliphatic heterocycles. The highest BCUT2D eigenvalue weighted by atomic mass is 32.1. The third kappa shape index (κ3) is 4.21. The first-order valence-corrected chi connectivity index (χ1v) is 19.0. The molecule has 0 spiro atoms. The van der Waals surface area contributed by atoms with E-state index in [4.69, 9.17) is 15.0 Å². The minimum absolute atomic E-state index is 0.587. The Labute approximate surface area is 314 Å². The smallest absolute Gasteiger partial charge is 0.238 e.